The number of hydrogen-bond acceptors (Lipinski definition) is 3. The molecule has 4 heteroatoms. The van der Waals surface area contributed by atoms with E-state index in [1.54, 1.807) is 19.2 Å². The molecule has 0 saturated heterocycles. The van der Waals surface area contributed by atoms with Crippen LogP contribution in [0.3, 0.4) is 0 Å². The maximum Gasteiger partial charge on any atom is 0.124 e. The van der Waals surface area contributed by atoms with E-state index in [1.807, 2.05) is 0 Å². The normalized spacial score (nSPS) is 11.1. The summed E-state index contributed by atoms with van der Waals surface area (Å²) in [6, 6.07) is 4.79. The fourth-order valence-corrected chi connectivity index (χ4v) is 2.76. The molecular weight excluding hydrogens is 213 g/mol. The van der Waals surface area contributed by atoms with Gasteiger partial charge in [0.25, 0.3) is 0 Å². The number of fused-ring (bicyclic) bond motifs is 1. The van der Waals surface area contributed by atoms with E-state index in [-0.39, 0.29) is 5.82 Å². The van der Waals surface area contributed by atoms with Gasteiger partial charge in [-0.05, 0) is 17.5 Å². The van der Waals surface area contributed by atoms with E-state index in [9.17, 15) is 4.39 Å². The molecule has 0 fully saturated rings. The van der Waals surface area contributed by atoms with Crippen molar-refractivity contribution in [3.63, 3.8) is 0 Å². The highest BCUT2D eigenvalue weighted by atomic mass is 32.1. The number of nitrogens with two attached hydrogens (primary N) is 1. The van der Waals surface area contributed by atoms with Gasteiger partial charge in [-0.25, -0.2) is 4.39 Å². The molecule has 0 amide bonds. The monoisotopic (exact) mass is 225 g/mol. The second-order valence-electron chi connectivity index (χ2n) is 3.28. The number of methoxy groups -OCH3 is 1. The van der Waals surface area contributed by atoms with Gasteiger partial charge in [-0.2, -0.15) is 0 Å². The van der Waals surface area contributed by atoms with Crippen LogP contribution in [0.2, 0.25) is 0 Å². The summed E-state index contributed by atoms with van der Waals surface area (Å²) in [5.74, 6) is -0.212. The fraction of sp³-hybridized carbons (Fsp3) is 0.273. The molecule has 0 spiro atoms. The van der Waals surface area contributed by atoms with Crippen molar-refractivity contribution < 1.29 is 9.13 Å². The van der Waals surface area contributed by atoms with Crippen molar-refractivity contribution in [1.29, 1.82) is 0 Å². The van der Waals surface area contributed by atoms with E-state index in [4.69, 9.17) is 10.5 Å². The van der Waals surface area contributed by atoms with Crippen molar-refractivity contribution in [2.24, 2.45) is 5.73 Å². The number of thiophene rings is 1. The highest BCUT2D eigenvalue weighted by Crippen LogP contribution is 2.32. The summed E-state index contributed by atoms with van der Waals surface area (Å²) in [6.07, 6.45) is 0. The zero-order chi connectivity index (χ0) is 10.8. The molecule has 80 valence electrons. The van der Waals surface area contributed by atoms with E-state index >= 15 is 0 Å². The van der Waals surface area contributed by atoms with Crippen LogP contribution in [0, 0.1) is 5.82 Å². The van der Waals surface area contributed by atoms with Gasteiger partial charge < -0.3 is 10.5 Å². The molecule has 2 rings (SSSR count). The predicted octanol–water partition coefficient (Wildman–Crippen LogP) is 2.65. The molecule has 0 aliphatic rings. The largest absolute Gasteiger partial charge is 0.380 e. The Kier molecular flexibility index (Phi) is 3.00. The maximum absolute atomic E-state index is 13.0. The SMILES string of the molecule is COCc1c(CN)sc2cc(F)ccc12. The Morgan fingerprint density at radius 3 is 2.93 bits per heavy atom. The van der Waals surface area contributed by atoms with Gasteiger partial charge >= 0.3 is 0 Å². The summed E-state index contributed by atoms with van der Waals surface area (Å²) in [5.41, 5.74) is 6.73. The molecule has 0 bridgehead atoms. The minimum atomic E-state index is -0.212. The number of ether oxygens (including phenoxy) is 1. The Bertz CT molecular complexity index is 481. The molecule has 2 nitrogen and oxygen atoms in total. The van der Waals surface area contributed by atoms with Crippen molar-refractivity contribution in [2.75, 3.05) is 7.11 Å². The van der Waals surface area contributed by atoms with Crippen LogP contribution in [0.15, 0.2) is 18.2 Å². The molecule has 1 aromatic carbocycles. The van der Waals surface area contributed by atoms with Gasteiger partial charge in [-0.3, -0.25) is 0 Å². The summed E-state index contributed by atoms with van der Waals surface area (Å²) < 4.78 is 19.1. The molecule has 1 heterocycles. The van der Waals surface area contributed by atoms with Gasteiger partial charge in [0.15, 0.2) is 0 Å². The van der Waals surface area contributed by atoms with Gasteiger partial charge in [0, 0.05) is 28.8 Å². The lowest BCUT2D eigenvalue weighted by atomic mass is 10.1. The third kappa shape index (κ3) is 1.88. The first kappa shape index (κ1) is 10.5. The Morgan fingerprint density at radius 1 is 1.47 bits per heavy atom. The predicted molar refractivity (Wildman–Crippen MR) is 60.4 cm³/mol. The first-order valence-electron chi connectivity index (χ1n) is 4.65. The van der Waals surface area contributed by atoms with E-state index in [0.717, 1.165) is 20.5 Å². The summed E-state index contributed by atoms with van der Waals surface area (Å²) in [6.45, 7) is 0.998. The zero-order valence-electron chi connectivity index (χ0n) is 8.42. The zero-order valence-corrected chi connectivity index (χ0v) is 9.23. The van der Waals surface area contributed by atoms with Crippen LogP contribution >= 0.6 is 11.3 Å². The average molecular weight is 225 g/mol. The van der Waals surface area contributed by atoms with Crippen LogP contribution in [-0.4, -0.2) is 7.11 Å². The lowest BCUT2D eigenvalue weighted by molar-refractivity contribution is 0.185. The van der Waals surface area contributed by atoms with Gasteiger partial charge in [0.2, 0.25) is 0 Å². The van der Waals surface area contributed by atoms with Crippen molar-refractivity contribution in [2.45, 2.75) is 13.2 Å². The molecule has 0 aliphatic carbocycles. The van der Waals surface area contributed by atoms with E-state index in [0.29, 0.717) is 13.2 Å². The van der Waals surface area contributed by atoms with Crippen molar-refractivity contribution >= 4 is 21.4 Å². The van der Waals surface area contributed by atoms with Crippen LogP contribution < -0.4 is 5.73 Å². The van der Waals surface area contributed by atoms with Gasteiger partial charge in [0.05, 0.1) is 6.61 Å². The lowest BCUT2D eigenvalue weighted by Gasteiger charge is -2.00. The van der Waals surface area contributed by atoms with Crippen molar-refractivity contribution in [3.05, 3.63) is 34.5 Å². The number of halogens is 1. The van der Waals surface area contributed by atoms with E-state index in [1.165, 1.54) is 17.4 Å². The van der Waals surface area contributed by atoms with E-state index < -0.39 is 0 Å². The Morgan fingerprint density at radius 2 is 2.27 bits per heavy atom. The molecule has 2 aromatic rings. The Balaban J connectivity index is 2.63. The van der Waals surface area contributed by atoms with Crippen LogP contribution in [0.1, 0.15) is 10.4 Å². The molecule has 0 radical (unpaired) electrons. The second kappa shape index (κ2) is 4.26. The molecule has 0 atom stereocenters. The van der Waals surface area contributed by atoms with E-state index in [2.05, 4.69) is 0 Å². The summed E-state index contributed by atoms with van der Waals surface area (Å²) in [5, 5.41) is 1.05. The van der Waals surface area contributed by atoms with Crippen LogP contribution in [-0.2, 0) is 17.9 Å². The lowest BCUT2D eigenvalue weighted by Crippen LogP contribution is -1.98. The minimum absolute atomic E-state index is 0.212. The molecule has 15 heavy (non-hydrogen) atoms. The van der Waals surface area contributed by atoms with Crippen LogP contribution in [0.4, 0.5) is 4.39 Å². The average Bonchev–Trinajstić information content (AvgIpc) is 2.56. The number of rotatable bonds is 3. The third-order valence-corrected chi connectivity index (χ3v) is 3.53. The van der Waals surface area contributed by atoms with Gasteiger partial charge in [-0.1, -0.05) is 6.07 Å². The molecule has 1 aromatic heterocycles. The Hall–Kier alpha value is -0.970. The second-order valence-corrected chi connectivity index (χ2v) is 4.42. The van der Waals surface area contributed by atoms with Gasteiger partial charge in [-0.15, -0.1) is 11.3 Å². The molecule has 0 aliphatic heterocycles. The number of benzene rings is 1. The summed E-state index contributed by atoms with van der Waals surface area (Å²) in [4.78, 5) is 1.07. The quantitative estimate of drug-likeness (QED) is 0.871. The molecule has 0 saturated carbocycles. The van der Waals surface area contributed by atoms with Crippen molar-refractivity contribution in [3.8, 4) is 0 Å². The molecule has 2 N–H and O–H groups in total. The van der Waals surface area contributed by atoms with Crippen molar-refractivity contribution in [1.82, 2.24) is 0 Å². The first-order valence-corrected chi connectivity index (χ1v) is 5.46. The van der Waals surface area contributed by atoms with Crippen LogP contribution in [0.5, 0.6) is 0 Å². The molecule has 0 unspecified atom stereocenters. The maximum atomic E-state index is 13.0. The van der Waals surface area contributed by atoms with Crippen LogP contribution in [0.25, 0.3) is 10.1 Å². The molecular formula is C11H12FNOS. The highest BCUT2D eigenvalue weighted by Gasteiger charge is 2.11. The fourth-order valence-electron chi connectivity index (χ4n) is 1.64. The Labute approximate surface area is 91.5 Å². The standard InChI is InChI=1S/C11H12FNOS/c1-14-6-9-8-3-2-7(12)4-10(8)15-11(9)5-13/h2-4H,5-6,13H2,1H3. The first-order chi connectivity index (χ1) is 7.26. The third-order valence-electron chi connectivity index (χ3n) is 2.31. The smallest absolute Gasteiger partial charge is 0.124 e. The summed E-state index contributed by atoms with van der Waals surface area (Å²) in [7, 11) is 1.65. The summed E-state index contributed by atoms with van der Waals surface area (Å²) >= 11 is 1.53. The van der Waals surface area contributed by atoms with Gasteiger partial charge in [0.1, 0.15) is 5.82 Å². The topological polar surface area (TPSA) is 35.2 Å². The minimum Gasteiger partial charge on any atom is -0.380 e. The number of hydrogen-bond donors (Lipinski definition) is 1. The highest BCUT2D eigenvalue weighted by molar-refractivity contribution is 7.19.